The maximum Gasteiger partial charge on any atom is 0.195 e. The Labute approximate surface area is 97.9 Å². The van der Waals surface area contributed by atoms with E-state index in [1.54, 1.807) is 16.7 Å². The van der Waals surface area contributed by atoms with E-state index in [0.29, 0.717) is 10.3 Å². The number of benzene rings is 1. The van der Waals surface area contributed by atoms with Gasteiger partial charge < -0.3 is 0 Å². The number of hydrogen-bond donors (Lipinski definition) is 1. The Hall–Kier alpha value is -1.49. The van der Waals surface area contributed by atoms with Crippen molar-refractivity contribution in [2.24, 2.45) is 0 Å². The fraction of sp³-hybridized carbons (Fsp3) is 0.273. The summed E-state index contributed by atoms with van der Waals surface area (Å²) in [7, 11) is 0. The van der Waals surface area contributed by atoms with Crippen LogP contribution in [0.25, 0.3) is 0 Å². The molecule has 1 heterocycles. The standard InChI is InChI=1S/C11H12FN3S/c1-7(9-5-3-4-6-10(9)12)15-8(2)13-14-11(15)16/h3-7H,1-2H3,(H,14,16). The van der Waals surface area contributed by atoms with E-state index in [1.807, 2.05) is 19.9 Å². The Morgan fingerprint density at radius 2 is 2.12 bits per heavy atom. The van der Waals surface area contributed by atoms with Crippen molar-refractivity contribution in [3.8, 4) is 0 Å². The van der Waals surface area contributed by atoms with Crippen LogP contribution in [-0.2, 0) is 0 Å². The highest BCUT2D eigenvalue weighted by Gasteiger charge is 2.15. The number of nitrogens with one attached hydrogen (secondary N) is 1. The Bertz CT molecular complexity index is 558. The summed E-state index contributed by atoms with van der Waals surface area (Å²) in [4.78, 5) is 0. The number of hydrogen-bond acceptors (Lipinski definition) is 2. The molecule has 5 heteroatoms. The lowest BCUT2D eigenvalue weighted by atomic mass is 10.1. The van der Waals surface area contributed by atoms with E-state index in [-0.39, 0.29) is 11.9 Å². The minimum absolute atomic E-state index is 0.160. The quantitative estimate of drug-likeness (QED) is 0.815. The highest BCUT2D eigenvalue weighted by Crippen LogP contribution is 2.21. The van der Waals surface area contributed by atoms with Crippen molar-refractivity contribution in [1.82, 2.24) is 14.8 Å². The van der Waals surface area contributed by atoms with Crippen LogP contribution in [0.5, 0.6) is 0 Å². The second kappa shape index (κ2) is 4.17. The summed E-state index contributed by atoms with van der Waals surface area (Å²) in [5.41, 5.74) is 0.614. The predicted octanol–water partition coefficient (Wildman–Crippen LogP) is 3.00. The first kappa shape index (κ1) is 11.0. The molecule has 0 aliphatic heterocycles. The molecule has 0 saturated carbocycles. The van der Waals surface area contributed by atoms with E-state index < -0.39 is 0 Å². The predicted molar refractivity (Wildman–Crippen MR) is 62.4 cm³/mol. The van der Waals surface area contributed by atoms with E-state index in [0.717, 1.165) is 5.82 Å². The number of H-pyrrole nitrogens is 1. The summed E-state index contributed by atoms with van der Waals surface area (Å²) >= 11 is 5.11. The maximum atomic E-state index is 13.6. The number of rotatable bonds is 2. The third-order valence-electron chi connectivity index (χ3n) is 2.62. The molecular formula is C11H12FN3S. The molecule has 0 bridgehead atoms. The first-order valence-electron chi connectivity index (χ1n) is 4.99. The van der Waals surface area contributed by atoms with E-state index in [4.69, 9.17) is 12.2 Å². The normalized spacial score (nSPS) is 12.7. The number of aryl methyl sites for hydroxylation is 1. The highest BCUT2D eigenvalue weighted by atomic mass is 32.1. The molecule has 16 heavy (non-hydrogen) atoms. The van der Waals surface area contributed by atoms with Crippen LogP contribution in [0, 0.1) is 17.5 Å². The van der Waals surface area contributed by atoms with E-state index in [1.165, 1.54) is 6.07 Å². The summed E-state index contributed by atoms with van der Waals surface area (Å²) in [6.07, 6.45) is 0. The van der Waals surface area contributed by atoms with Crippen molar-refractivity contribution in [3.63, 3.8) is 0 Å². The Morgan fingerprint density at radius 3 is 2.69 bits per heavy atom. The van der Waals surface area contributed by atoms with Crippen LogP contribution < -0.4 is 0 Å². The van der Waals surface area contributed by atoms with Gasteiger partial charge in [-0.15, -0.1) is 0 Å². The molecule has 1 aromatic carbocycles. The zero-order valence-electron chi connectivity index (χ0n) is 9.07. The van der Waals surface area contributed by atoms with Crippen molar-refractivity contribution < 1.29 is 4.39 Å². The lowest BCUT2D eigenvalue weighted by Gasteiger charge is -2.15. The fourth-order valence-electron chi connectivity index (χ4n) is 1.79. The van der Waals surface area contributed by atoms with Crippen molar-refractivity contribution >= 4 is 12.2 Å². The molecule has 1 N–H and O–H groups in total. The lowest BCUT2D eigenvalue weighted by Crippen LogP contribution is -2.10. The van der Waals surface area contributed by atoms with Crippen LogP contribution >= 0.6 is 12.2 Å². The van der Waals surface area contributed by atoms with Crippen LogP contribution in [0.4, 0.5) is 4.39 Å². The van der Waals surface area contributed by atoms with Gasteiger partial charge in [0.2, 0.25) is 0 Å². The second-order valence-corrected chi connectivity index (χ2v) is 4.03. The molecule has 0 amide bonds. The topological polar surface area (TPSA) is 33.6 Å². The summed E-state index contributed by atoms with van der Waals surface area (Å²) in [5, 5.41) is 6.72. The van der Waals surface area contributed by atoms with Crippen LogP contribution in [0.1, 0.15) is 24.4 Å². The van der Waals surface area contributed by atoms with Gasteiger partial charge in [0.15, 0.2) is 4.77 Å². The smallest absolute Gasteiger partial charge is 0.195 e. The van der Waals surface area contributed by atoms with Crippen LogP contribution in [-0.4, -0.2) is 14.8 Å². The SMILES string of the molecule is Cc1n[nH]c(=S)n1C(C)c1ccccc1F. The molecule has 0 aliphatic rings. The molecule has 0 saturated heterocycles. The molecule has 0 radical (unpaired) electrons. The fourth-order valence-corrected chi connectivity index (χ4v) is 2.13. The van der Waals surface area contributed by atoms with Gasteiger partial charge in [-0.3, -0.25) is 9.67 Å². The molecule has 0 aliphatic carbocycles. The van der Waals surface area contributed by atoms with Gasteiger partial charge in [-0.2, -0.15) is 5.10 Å². The first-order chi connectivity index (χ1) is 7.61. The third kappa shape index (κ3) is 1.78. The molecule has 1 atom stereocenters. The summed E-state index contributed by atoms with van der Waals surface area (Å²) < 4.78 is 15.9. The number of nitrogens with zero attached hydrogens (tertiary/aromatic N) is 2. The van der Waals surface area contributed by atoms with Gasteiger partial charge in [-0.05, 0) is 32.1 Å². The van der Waals surface area contributed by atoms with Crippen molar-refractivity contribution in [2.45, 2.75) is 19.9 Å². The van der Waals surface area contributed by atoms with Crippen molar-refractivity contribution in [3.05, 3.63) is 46.2 Å². The third-order valence-corrected chi connectivity index (χ3v) is 2.91. The second-order valence-electron chi connectivity index (χ2n) is 3.64. The molecule has 0 spiro atoms. The monoisotopic (exact) mass is 237 g/mol. The van der Waals surface area contributed by atoms with Gasteiger partial charge in [0, 0.05) is 5.56 Å². The number of aromatic nitrogens is 3. The average Bonchev–Trinajstić information content (AvgIpc) is 2.58. The Kier molecular flexibility index (Phi) is 2.87. The van der Waals surface area contributed by atoms with Crippen molar-refractivity contribution in [1.29, 1.82) is 0 Å². The van der Waals surface area contributed by atoms with E-state index in [9.17, 15) is 4.39 Å². The molecule has 2 rings (SSSR count). The average molecular weight is 237 g/mol. The zero-order valence-corrected chi connectivity index (χ0v) is 9.88. The van der Waals surface area contributed by atoms with Gasteiger partial charge in [0.1, 0.15) is 11.6 Å². The highest BCUT2D eigenvalue weighted by molar-refractivity contribution is 7.71. The summed E-state index contributed by atoms with van der Waals surface area (Å²) in [6, 6.07) is 6.53. The van der Waals surface area contributed by atoms with Crippen LogP contribution in [0.15, 0.2) is 24.3 Å². The minimum atomic E-state index is -0.225. The van der Waals surface area contributed by atoms with Crippen LogP contribution in [0.2, 0.25) is 0 Å². The molecule has 2 aromatic rings. The Balaban J connectivity index is 2.51. The molecule has 3 nitrogen and oxygen atoms in total. The van der Waals surface area contributed by atoms with E-state index >= 15 is 0 Å². The summed E-state index contributed by atoms with van der Waals surface area (Å²) in [6.45, 7) is 3.74. The van der Waals surface area contributed by atoms with Gasteiger partial charge in [0.25, 0.3) is 0 Å². The number of aromatic amines is 1. The summed E-state index contributed by atoms with van der Waals surface area (Å²) in [5.74, 6) is 0.526. The van der Waals surface area contributed by atoms with Gasteiger partial charge in [0.05, 0.1) is 6.04 Å². The molecule has 1 aromatic heterocycles. The molecule has 0 fully saturated rings. The van der Waals surface area contributed by atoms with Gasteiger partial charge in [-0.25, -0.2) is 4.39 Å². The van der Waals surface area contributed by atoms with Crippen molar-refractivity contribution in [2.75, 3.05) is 0 Å². The zero-order chi connectivity index (χ0) is 11.7. The maximum absolute atomic E-state index is 13.6. The molecule has 1 unspecified atom stereocenters. The van der Waals surface area contributed by atoms with Gasteiger partial charge >= 0.3 is 0 Å². The lowest BCUT2D eigenvalue weighted by molar-refractivity contribution is 0.546. The minimum Gasteiger partial charge on any atom is -0.297 e. The van der Waals surface area contributed by atoms with Gasteiger partial charge in [-0.1, -0.05) is 18.2 Å². The first-order valence-corrected chi connectivity index (χ1v) is 5.40. The van der Waals surface area contributed by atoms with E-state index in [2.05, 4.69) is 10.2 Å². The molecule has 84 valence electrons. The Morgan fingerprint density at radius 1 is 1.44 bits per heavy atom. The largest absolute Gasteiger partial charge is 0.297 e. The number of halogens is 1. The molecular weight excluding hydrogens is 225 g/mol. The van der Waals surface area contributed by atoms with Crippen LogP contribution in [0.3, 0.4) is 0 Å².